The molecule has 0 radical (unpaired) electrons. The van der Waals surface area contributed by atoms with Gasteiger partial charge in [0.25, 0.3) is 5.91 Å². The number of nitrogens with two attached hydrogens (primary N) is 1. The molecule has 0 atom stereocenters. The van der Waals surface area contributed by atoms with E-state index in [0.717, 1.165) is 12.8 Å². The van der Waals surface area contributed by atoms with Crippen molar-refractivity contribution in [1.29, 1.82) is 0 Å². The van der Waals surface area contributed by atoms with E-state index in [0.29, 0.717) is 29.6 Å². The quantitative estimate of drug-likeness (QED) is 0.820. The lowest BCUT2D eigenvalue weighted by atomic mass is 9.95. The van der Waals surface area contributed by atoms with Crippen LogP contribution in [0.4, 0.5) is 5.69 Å². The standard InChI is InChI=1S/C15H22N2O2/c1-2-19-14-9-8-11(10-13(14)16)15(18)17-12-6-4-3-5-7-12/h8-10,12H,2-7,16H2,1H3,(H,17,18). The van der Waals surface area contributed by atoms with Crippen molar-refractivity contribution in [3.05, 3.63) is 23.8 Å². The summed E-state index contributed by atoms with van der Waals surface area (Å²) in [6.45, 7) is 2.47. The number of ether oxygens (including phenoxy) is 1. The first kappa shape index (κ1) is 13.7. The average molecular weight is 262 g/mol. The molecule has 0 spiro atoms. The smallest absolute Gasteiger partial charge is 0.251 e. The average Bonchev–Trinajstić information content (AvgIpc) is 2.42. The Hall–Kier alpha value is -1.71. The molecular weight excluding hydrogens is 240 g/mol. The molecule has 4 heteroatoms. The zero-order valence-electron chi connectivity index (χ0n) is 11.4. The molecule has 4 nitrogen and oxygen atoms in total. The highest BCUT2D eigenvalue weighted by Crippen LogP contribution is 2.23. The van der Waals surface area contributed by atoms with Gasteiger partial charge in [0.05, 0.1) is 12.3 Å². The van der Waals surface area contributed by atoms with Crippen LogP contribution in [0.15, 0.2) is 18.2 Å². The number of amides is 1. The van der Waals surface area contributed by atoms with Crippen molar-refractivity contribution in [3.63, 3.8) is 0 Å². The van der Waals surface area contributed by atoms with Gasteiger partial charge in [-0.05, 0) is 38.0 Å². The van der Waals surface area contributed by atoms with Crippen molar-refractivity contribution in [2.75, 3.05) is 12.3 Å². The Morgan fingerprint density at radius 1 is 1.37 bits per heavy atom. The van der Waals surface area contributed by atoms with Crippen LogP contribution in [0.1, 0.15) is 49.4 Å². The van der Waals surface area contributed by atoms with Crippen LogP contribution in [0, 0.1) is 0 Å². The molecule has 1 aliphatic carbocycles. The van der Waals surface area contributed by atoms with Gasteiger partial charge in [-0.15, -0.1) is 0 Å². The van der Waals surface area contributed by atoms with E-state index in [1.165, 1.54) is 19.3 Å². The molecule has 0 aromatic heterocycles. The van der Waals surface area contributed by atoms with Crippen LogP contribution >= 0.6 is 0 Å². The fraction of sp³-hybridized carbons (Fsp3) is 0.533. The number of benzene rings is 1. The molecule has 2 rings (SSSR count). The summed E-state index contributed by atoms with van der Waals surface area (Å²) in [6, 6.07) is 5.52. The van der Waals surface area contributed by atoms with Gasteiger partial charge in [-0.25, -0.2) is 0 Å². The molecule has 104 valence electrons. The predicted octanol–water partition coefficient (Wildman–Crippen LogP) is 2.73. The van der Waals surface area contributed by atoms with E-state index >= 15 is 0 Å². The zero-order valence-corrected chi connectivity index (χ0v) is 11.4. The number of nitrogen functional groups attached to an aromatic ring is 1. The van der Waals surface area contributed by atoms with Crippen molar-refractivity contribution in [3.8, 4) is 5.75 Å². The highest BCUT2D eigenvalue weighted by Gasteiger charge is 2.17. The van der Waals surface area contributed by atoms with Crippen molar-refractivity contribution in [2.24, 2.45) is 0 Å². The Balaban J connectivity index is 2.00. The van der Waals surface area contributed by atoms with Gasteiger partial charge < -0.3 is 15.8 Å². The molecule has 0 saturated heterocycles. The van der Waals surface area contributed by atoms with E-state index in [2.05, 4.69) is 5.32 Å². The predicted molar refractivity (Wildman–Crippen MR) is 76.4 cm³/mol. The minimum Gasteiger partial charge on any atom is -0.492 e. The van der Waals surface area contributed by atoms with Crippen LogP contribution < -0.4 is 15.8 Å². The normalized spacial score (nSPS) is 16.1. The molecule has 1 aliphatic rings. The summed E-state index contributed by atoms with van der Waals surface area (Å²) in [5, 5.41) is 3.08. The van der Waals surface area contributed by atoms with Crippen molar-refractivity contribution < 1.29 is 9.53 Å². The van der Waals surface area contributed by atoms with Crippen LogP contribution in [-0.4, -0.2) is 18.6 Å². The van der Waals surface area contributed by atoms with Gasteiger partial charge in [0.2, 0.25) is 0 Å². The monoisotopic (exact) mass is 262 g/mol. The Bertz CT molecular complexity index is 440. The molecule has 1 saturated carbocycles. The highest BCUT2D eigenvalue weighted by molar-refractivity contribution is 5.95. The maximum absolute atomic E-state index is 12.1. The minimum atomic E-state index is -0.0401. The first-order valence-electron chi connectivity index (χ1n) is 7.04. The summed E-state index contributed by atoms with van der Waals surface area (Å²) in [7, 11) is 0. The second-order valence-corrected chi connectivity index (χ2v) is 4.99. The number of anilines is 1. The maximum atomic E-state index is 12.1. The molecule has 1 aromatic rings. The SMILES string of the molecule is CCOc1ccc(C(=O)NC2CCCCC2)cc1N. The van der Waals surface area contributed by atoms with Crippen LogP contribution in [0.5, 0.6) is 5.75 Å². The van der Waals surface area contributed by atoms with E-state index < -0.39 is 0 Å². The lowest BCUT2D eigenvalue weighted by molar-refractivity contribution is 0.0927. The van der Waals surface area contributed by atoms with Gasteiger partial charge in [-0.2, -0.15) is 0 Å². The zero-order chi connectivity index (χ0) is 13.7. The molecule has 1 aromatic carbocycles. The van der Waals surface area contributed by atoms with E-state index in [-0.39, 0.29) is 5.91 Å². The van der Waals surface area contributed by atoms with E-state index in [4.69, 9.17) is 10.5 Å². The topological polar surface area (TPSA) is 64.3 Å². The summed E-state index contributed by atoms with van der Waals surface area (Å²) in [6.07, 6.45) is 5.85. The third kappa shape index (κ3) is 3.63. The summed E-state index contributed by atoms with van der Waals surface area (Å²) >= 11 is 0. The van der Waals surface area contributed by atoms with Gasteiger partial charge in [0.1, 0.15) is 5.75 Å². The molecule has 0 bridgehead atoms. The fourth-order valence-corrected chi connectivity index (χ4v) is 2.49. The van der Waals surface area contributed by atoms with Crippen LogP contribution in [0.3, 0.4) is 0 Å². The fourth-order valence-electron chi connectivity index (χ4n) is 2.49. The molecular formula is C15H22N2O2. The van der Waals surface area contributed by atoms with Gasteiger partial charge in [0, 0.05) is 11.6 Å². The minimum absolute atomic E-state index is 0.0401. The summed E-state index contributed by atoms with van der Waals surface area (Å²) in [4.78, 5) is 12.1. The van der Waals surface area contributed by atoms with Crippen LogP contribution in [0.2, 0.25) is 0 Å². The van der Waals surface area contributed by atoms with Gasteiger partial charge in [-0.3, -0.25) is 4.79 Å². The van der Waals surface area contributed by atoms with Crippen LogP contribution in [-0.2, 0) is 0 Å². The Kier molecular flexibility index (Phi) is 4.66. The number of hydrogen-bond donors (Lipinski definition) is 2. The summed E-state index contributed by atoms with van der Waals surface area (Å²) in [5.74, 6) is 0.596. The Labute approximate surface area is 114 Å². The molecule has 1 fully saturated rings. The number of hydrogen-bond acceptors (Lipinski definition) is 3. The van der Waals surface area contributed by atoms with E-state index in [9.17, 15) is 4.79 Å². The molecule has 1 amide bonds. The van der Waals surface area contributed by atoms with Crippen molar-refractivity contribution in [2.45, 2.75) is 45.1 Å². The second kappa shape index (κ2) is 6.45. The van der Waals surface area contributed by atoms with Crippen LogP contribution in [0.25, 0.3) is 0 Å². The summed E-state index contributed by atoms with van der Waals surface area (Å²) < 4.78 is 5.36. The van der Waals surface area contributed by atoms with Gasteiger partial charge in [-0.1, -0.05) is 19.3 Å². The molecule has 0 aliphatic heterocycles. The summed E-state index contributed by atoms with van der Waals surface area (Å²) in [5.41, 5.74) is 6.99. The first-order chi connectivity index (χ1) is 9.20. The Morgan fingerprint density at radius 3 is 2.74 bits per heavy atom. The molecule has 0 unspecified atom stereocenters. The van der Waals surface area contributed by atoms with E-state index in [1.807, 2.05) is 6.92 Å². The molecule has 0 heterocycles. The third-order valence-electron chi connectivity index (χ3n) is 3.51. The number of nitrogens with one attached hydrogen (secondary N) is 1. The van der Waals surface area contributed by atoms with E-state index in [1.54, 1.807) is 18.2 Å². The number of carbonyl (C=O) groups is 1. The maximum Gasteiger partial charge on any atom is 0.251 e. The largest absolute Gasteiger partial charge is 0.492 e. The molecule has 19 heavy (non-hydrogen) atoms. The van der Waals surface area contributed by atoms with Gasteiger partial charge in [0.15, 0.2) is 0 Å². The number of rotatable bonds is 4. The van der Waals surface area contributed by atoms with Gasteiger partial charge >= 0.3 is 0 Å². The van der Waals surface area contributed by atoms with Crippen molar-refractivity contribution >= 4 is 11.6 Å². The molecule has 3 N–H and O–H groups in total. The number of carbonyl (C=O) groups excluding carboxylic acids is 1. The lowest BCUT2D eigenvalue weighted by Gasteiger charge is -2.22. The third-order valence-corrected chi connectivity index (χ3v) is 3.51. The first-order valence-corrected chi connectivity index (χ1v) is 7.04. The Morgan fingerprint density at radius 2 is 2.11 bits per heavy atom. The lowest BCUT2D eigenvalue weighted by Crippen LogP contribution is -2.36. The second-order valence-electron chi connectivity index (χ2n) is 4.99. The van der Waals surface area contributed by atoms with Crippen molar-refractivity contribution in [1.82, 2.24) is 5.32 Å². The highest BCUT2D eigenvalue weighted by atomic mass is 16.5.